The number of hydrogen-bond acceptors (Lipinski definition) is 2. The quantitative estimate of drug-likeness (QED) is 0.712. The Morgan fingerprint density at radius 3 is 2.59 bits per heavy atom. The van der Waals surface area contributed by atoms with Crippen LogP contribution in [0.4, 0.5) is 0 Å². The number of carbonyl (C=O) groups is 2. The van der Waals surface area contributed by atoms with E-state index in [0.29, 0.717) is 25.6 Å². The van der Waals surface area contributed by atoms with Crippen LogP contribution in [0.15, 0.2) is 12.7 Å². The topological polar surface area (TPSA) is 49.4 Å². The number of hydrogen-bond donors (Lipinski definition) is 1. The maximum absolute atomic E-state index is 11.7. The van der Waals surface area contributed by atoms with Crippen LogP contribution in [0.1, 0.15) is 39.0 Å². The lowest BCUT2D eigenvalue weighted by molar-refractivity contribution is -0.129. The second-order valence-electron chi connectivity index (χ2n) is 4.55. The Hall–Kier alpha value is -1.32. The number of nitrogens with one attached hydrogen (secondary N) is 1. The van der Waals surface area contributed by atoms with E-state index >= 15 is 0 Å². The summed E-state index contributed by atoms with van der Waals surface area (Å²) in [6, 6.07) is 0.354. The third-order valence-corrected chi connectivity index (χ3v) is 3.12. The molecule has 1 aliphatic rings. The molecule has 0 unspecified atom stereocenters. The molecule has 0 aromatic carbocycles. The SMILES string of the molecule is C=CCN(CCC(=O)NC1CCCC1)C(C)=O. The average Bonchev–Trinajstić information content (AvgIpc) is 2.76. The van der Waals surface area contributed by atoms with Gasteiger partial charge in [-0.05, 0) is 12.8 Å². The Morgan fingerprint density at radius 1 is 1.41 bits per heavy atom. The van der Waals surface area contributed by atoms with E-state index in [9.17, 15) is 9.59 Å². The van der Waals surface area contributed by atoms with E-state index < -0.39 is 0 Å². The van der Waals surface area contributed by atoms with Crippen molar-refractivity contribution in [1.82, 2.24) is 10.2 Å². The zero-order valence-corrected chi connectivity index (χ0v) is 10.6. The fourth-order valence-corrected chi connectivity index (χ4v) is 2.14. The summed E-state index contributed by atoms with van der Waals surface area (Å²) in [7, 11) is 0. The minimum absolute atomic E-state index is 0.0152. The fourth-order valence-electron chi connectivity index (χ4n) is 2.14. The van der Waals surface area contributed by atoms with E-state index in [-0.39, 0.29) is 11.8 Å². The lowest BCUT2D eigenvalue weighted by Gasteiger charge is -2.19. The zero-order chi connectivity index (χ0) is 12.7. The van der Waals surface area contributed by atoms with Crippen molar-refractivity contribution in [2.75, 3.05) is 13.1 Å². The molecule has 1 fully saturated rings. The Kier molecular flexibility index (Phi) is 5.73. The third-order valence-electron chi connectivity index (χ3n) is 3.12. The zero-order valence-electron chi connectivity index (χ0n) is 10.6. The highest BCUT2D eigenvalue weighted by Gasteiger charge is 2.17. The lowest BCUT2D eigenvalue weighted by atomic mass is 10.2. The van der Waals surface area contributed by atoms with Gasteiger partial charge >= 0.3 is 0 Å². The van der Waals surface area contributed by atoms with Gasteiger partial charge in [0.1, 0.15) is 0 Å². The predicted octanol–water partition coefficient (Wildman–Crippen LogP) is 1.47. The van der Waals surface area contributed by atoms with Crippen molar-refractivity contribution in [1.29, 1.82) is 0 Å². The molecule has 0 bridgehead atoms. The molecule has 4 heteroatoms. The first kappa shape index (κ1) is 13.7. The van der Waals surface area contributed by atoms with E-state index in [4.69, 9.17) is 0 Å². The van der Waals surface area contributed by atoms with Crippen molar-refractivity contribution in [3.05, 3.63) is 12.7 Å². The lowest BCUT2D eigenvalue weighted by Crippen LogP contribution is -2.37. The van der Waals surface area contributed by atoms with E-state index in [2.05, 4.69) is 11.9 Å². The normalized spacial score (nSPS) is 15.6. The smallest absolute Gasteiger partial charge is 0.221 e. The predicted molar refractivity (Wildman–Crippen MR) is 67.5 cm³/mol. The minimum atomic E-state index is -0.0152. The summed E-state index contributed by atoms with van der Waals surface area (Å²) in [6.07, 6.45) is 6.66. The second kappa shape index (κ2) is 7.09. The summed E-state index contributed by atoms with van der Waals surface area (Å²) in [5, 5.41) is 3.01. The Morgan fingerprint density at radius 2 is 2.06 bits per heavy atom. The molecule has 1 N–H and O–H groups in total. The number of carbonyl (C=O) groups excluding carboxylic acids is 2. The molecule has 1 saturated carbocycles. The van der Waals surface area contributed by atoms with Crippen molar-refractivity contribution >= 4 is 11.8 Å². The number of nitrogens with zero attached hydrogens (tertiary/aromatic N) is 1. The summed E-state index contributed by atoms with van der Waals surface area (Å²) in [6.45, 7) is 6.09. The van der Waals surface area contributed by atoms with Crippen LogP contribution in [0, 0.1) is 0 Å². The van der Waals surface area contributed by atoms with Crippen molar-refractivity contribution in [2.24, 2.45) is 0 Å². The van der Waals surface area contributed by atoms with Crippen LogP contribution in [0.2, 0.25) is 0 Å². The molecule has 0 spiro atoms. The minimum Gasteiger partial charge on any atom is -0.353 e. The van der Waals surface area contributed by atoms with Gasteiger partial charge in [-0.3, -0.25) is 9.59 Å². The molecular weight excluding hydrogens is 216 g/mol. The van der Waals surface area contributed by atoms with Crippen LogP contribution < -0.4 is 5.32 Å². The van der Waals surface area contributed by atoms with E-state index in [0.717, 1.165) is 12.8 Å². The molecule has 96 valence electrons. The van der Waals surface area contributed by atoms with Crippen molar-refractivity contribution in [3.63, 3.8) is 0 Å². The highest BCUT2D eigenvalue weighted by Crippen LogP contribution is 2.17. The average molecular weight is 238 g/mol. The standard InChI is InChI=1S/C13H22N2O2/c1-3-9-15(11(2)16)10-8-13(17)14-12-6-4-5-7-12/h3,12H,1,4-10H2,2H3,(H,14,17). The van der Waals surface area contributed by atoms with Crippen molar-refractivity contribution in [2.45, 2.75) is 45.1 Å². The Balaban J connectivity index is 2.25. The monoisotopic (exact) mass is 238 g/mol. The van der Waals surface area contributed by atoms with Crippen molar-refractivity contribution < 1.29 is 9.59 Å². The molecule has 0 saturated heterocycles. The maximum atomic E-state index is 11.7. The van der Waals surface area contributed by atoms with Gasteiger partial charge in [0.05, 0.1) is 0 Å². The molecule has 0 aromatic heterocycles. The molecule has 1 rings (SSSR count). The van der Waals surface area contributed by atoms with Gasteiger partial charge in [0.15, 0.2) is 0 Å². The van der Waals surface area contributed by atoms with Gasteiger partial charge < -0.3 is 10.2 Å². The molecule has 0 atom stereocenters. The van der Waals surface area contributed by atoms with Gasteiger partial charge in [-0.2, -0.15) is 0 Å². The van der Waals surface area contributed by atoms with Gasteiger partial charge in [0.2, 0.25) is 11.8 Å². The van der Waals surface area contributed by atoms with Crippen LogP contribution in [-0.2, 0) is 9.59 Å². The largest absolute Gasteiger partial charge is 0.353 e. The van der Waals surface area contributed by atoms with Crippen LogP contribution in [0.5, 0.6) is 0 Å². The van der Waals surface area contributed by atoms with E-state index in [1.165, 1.54) is 19.8 Å². The first-order valence-corrected chi connectivity index (χ1v) is 6.29. The molecule has 0 heterocycles. The van der Waals surface area contributed by atoms with Gasteiger partial charge in [-0.15, -0.1) is 6.58 Å². The van der Waals surface area contributed by atoms with E-state index in [1.54, 1.807) is 11.0 Å². The molecule has 2 amide bonds. The van der Waals surface area contributed by atoms with Crippen LogP contribution in [-0.4, -0.2) is 35.8 Å². The molecule has 1 aliphatic carbocycles. The Labute approximate surface area is 103 Å². The van der Waals surface area contributed by atoms with Crippen LogP contribution in [0.25, 0.3) is 0 Å². The Bertz CT molecular complexity index is 283. The summed E-state index contributed by atoms with van der Waals surface area (Å²) in [5.74, 6) is 0.0331. The number of rotatable bonds is 6. The second-order valence-corrected chi connectivity index (χ2v) is 4.55. The summed E-state index contributed by atoms with van der Waals surface area (Å²) in [4.78, 5) is 24.5. The molecule has 0 radical (unpaired) electrons. The van der Waals surface area contributed by atoms with Gasteiger partial charge in [-0.25, -0.2) is 0 Å². The maximum Gasteiger partial charge on any atom is 0.221 e. The van der Waals surface area contributed by atoms with Gasteiger partial charge in [-0.1, -0.05) is 18.9 Å². The van der Waals surface area contributed by atoms with Gasteiger partial charge in [0.25, 0.3) is 0 Å². The highest BCUT2D eigenvalue weighted by atomic mass is 16.2. The summed E-state index contributed by atoms with van der Waals surface area (Å²) >= 11 is 0. The van der Waals surface area contributed by atoms with Crippen LogP contribution >= 0.6 is 0 Å². The number of amides is 2. The van der Waals surface area contributed by atoms with Gasteiger partial charge in [0, 0.05) is 32.5 Å². The summed E-state index contributed by atoms with van der Waals surface area (Å²) in [5.41, 5.74) is 0. The molecular formula is C13H22N2O2. The first-order valence-electron chi connectivity index (χ1n) is 6.29. The first-order chi connectivity index (χ1) is 8.13. The third kappa shape index (κ3) is 5.02. The molecule has 17 heavy (non-hydrogen) atoms. The highest BCUT2D eigenvalue weighted by molar-refractivity contribution is 5.78. The summed E-state index contributed by atoms with van der Waals surface area (Å²) < 4.78 is 0. The van der Waals surface area contributed by atoms with Crippen molar-refractivity contribution in [3.8, 4) is 0 Å². The molecule has 0 aromatic rings. The molecule has 4 nitrogen and oxygen atoms in total. The fraction of sp³-hybridized carbons (Fsp3) is 0.692. The van der Waals surface area contributed by atoms with Crippen LogP contribution in [0.3, 0.4) is 0 Å². The molecule has 0 aliphatic heterocycles. The van der Waals surface area contributed by atoms with E-state index in [1.807, 2.05) is 0 Å².